The Hall–Kier alpha value is -1.01. The highest BCUT2D eigenvalue weighted by Gasteiger charge is 2.37. The average Bonchev–Trinajstić information content (AvgIpc) is 3.33. The van der Waals surface area contributed by atoms with Crippen molar-refractivity contribution in [3.05, 3.63) is 0 Å². The standard InChI is InChI=1S/C21H36O3/c1-3-5-6-7-8-9-10-11-12-13-14-15-16-19-20(24-19)17-18-21(22)23-4-2/h19-20H,3-14,17-18H2,1-2H3. The third-order valence-electron chi connectivity index (χ3n) is 4.42. The van der Waals surface area contributed by atoms with Gasteiger partial charge < -0.3 is 9.47 Å². The Morgan fingerprint density at radius 2 is 1.58 bits per heavy atom. The van der Waals surface area contributed by atoms with Crippen LogP contribution in [0.15, 0.2) is 0 Å². The van der Waals surface area contributed by atoms with Crippen molar-refractivity contribution in [3.63, 3.8) is 0 Å². The van der Waals surface area contributed by atoms with Crippen LogP contribution >= 0.6 is 0 Å². The second-order valence-electron chi connectivity index (χ2n) is 6.69. The molecule has 1 rings (SSSR count). The molecule has 3 nitrogen and oxygen atoms in total. The van der Waals surface area contributed by atoms with Crippen LogP contribution in [0.5, 0.6) is 0 Å². The molecule has 0 radical (unpaired) electrons. The summed E-state index contributed by atoms with van der Waals surface area (Å²) in [4.78, 5) is 11.2. The number of rotatable bonds is 14. The van der Waals surface area contributed by atoms with Gasteiger partial charge in [-0.05, 0) is 19.8 Å². The van der Waals surface area contributed by atoms with Gasteiger partial charge in [0.25, 0.3) is 0 Å². The van der Waals surface area contributed by atoms with Gasteiger partial charge in [-0.3, -0.25) is 4.79 Å². The van der Waals surface area contributed by atoms with Gasteiger partial charge in [-0.15, -0.1) is 5.92 Å². The first kappa shape index (κ1) is 21.0. The van der Waals surface area contributed by atoms with Crippen LogP contribution < -0.4 is 0 Å². The van der Waals surface area contributed by atoms with Gasteiger partial charge in [0, 0.05) is 12.8 Å². The molecule has 1 heterocycles. The lowest BCUT2D eigenvalue weighted by Crippen LogP contribution is -2.05. The maximum atomic E-state index is 11.2. The minimum atomic E-state index is -0.134. The number of ether oxygens (including phenoxy) is 2. The maximum absolute atomic E-state index is 11.2. The largest absolute Gasteiger partial charge is 0.466 e. The van der Waals surface area contributed by atoms with Crippen molar-refractivity contribution in [2.75, 3.05) is 6.61 Å². The fourth-order valence-electron chi connectivity index (χ4n) is 2.86. The zero-order valence-corrected chi connectivity index (χ0v) is 15.8. The number of esters is 1. The average molecular weight is 337 g/mol. The van der Waals surface area contributed by atoms with Gasteiger partial charge in [0.2, 0.25) is 0 Å². The molecular weight excluding hydrogens is 300 g/mol. The molecule has 24 heavy (non-hydrogen) atoms. The highest BCUT2D eigenvalue weighted by atomic mass is 16.6. The van der Waals surface area contributed by atoms with Gasteiger partial charge in [-0.25, -0.2) is 0 Å². The van der Waals surface area contributed by atoms with Crippen LogP contribution in [0.25, 0.3) is 0 Å². The third-order valence-corrected chi connectivity index (χ3v) is 4.42. The summed E-state index contributed by atoms with van der Waals surface area (Å²) in [7, 11) is 0. The molecule has 138 valence electrons. The van der Waals surface area contributed by atoms with E-state index in [1.165, 1.54) is 64.2 Å². The van der Waals surface area contributed by atoms with Gasteiger partial charge in [0.15, 0.2) is 0 Å². The fraction of sp³-hybridized carbons (Fsp3) is 0.857. The molecular formula is C21H36O3. The van der Waals surface area contributed by atoms with Crippen LogP contribution in [0, 0.1) is 11.8 Å². The maximum Gasteiger partial charge on any atom is 0.305 e. The quantitative estimate of drug-likeness (QED) is 0.184. The summed E-state index contributed by atoms with van der Waals surface area (Å²) >= 11 is 0. The number of epoxide rings is 1. The van der Waals surface area contributed by atoms with Crippen molar-refractivity contribution in [1.29, 1.82) is 0 Å². The van der Waals surface area contributed by atoms with Crippen LogP contribution in [-0.2, 0) is 14.3 Å². The molecule has 0 N–H and O–H groups in total. The van der Waals surface area contributed by atoms with Crippen LogP contribution in [0.3, 0.4) is 0 Å². The monoisotopic (exact) mass is 336 g/mol. The highest BCUT2D eigenvalue weighted by molar-refractivity contribution is 5.69. The fourth-order valence-corrected chi connectivity index (χ4v) is 2.86. The van der Waals surface area contributed by atoms with E-state index in [0.717, 1.165) is 12.8 Å². The van der Waals surface area contributed by atoms with E-state index in [9.17, 15) is 4.79 Å². The van der Waals surface area contributed by atoms with Crippen molar-refractivity contribution in [2.45, 2.75) is 110 Å². The molecule has 1 fully saturated rings. The highest BCUT2D eigenvalue weighted by Crippen LogP contribution is 2.26. The van der Waals surface area contributed by atoms with Crippen molar-refractivity contribution >= 4 is 5.97 Å². The first-order valence-corrected chi connectivity index (χ1v) is 10.1. The predicted molar refractivity (Wildman–Crippen MR) is 98.8 cm³/mol. The van der Waals surface area contributed by atoms with Crippen molar-refractivity contribution < 1.29 is 14.3 Å². The minimum Gasteiger partial charge on any atom is -0.466 e. The molecule has 2 atom stereocenters. The molecule has 1 aliphatic rings. The van der Waals surface area contributed by atoms with E-state index in [-0.39, 0.29) is 18.2 Å². The molecule has 0 amide bonds. The second kappa shape index (κ2) is 14.3. The molecule has 0 aromatic heterocycles. The minimum absolute atomic E-state index is 0.0579. The van der Waals surface area contributed by atoms with Crippen LogP contribution in [0.2, 0.25) is 0 Å². The normalized spacial score (nSPS) is 18.8. The summed E-state index contributed by atoms with van der Waals surface area (Å²) in [6, 6.07) is 0. The van der Waals surface area contributed by atoms with Crippen molar-refractivity contribution in [2.24, 2.45) is 0 Å². The Bertz CT molecular complexity index is 380. The van der Waals surface area contributed by atoms with Gasteiger partial charge in [-0.2, -0.15) is 0 Å². The van der Waals surface area contributed by atoms with Gasteiger partial charge in [0.1, 0.15) is 6.10 Å². The lowest BCUT2D eigenvalue weighted by molar-refractivity contribution is -0.143. The smallest absolute Gasteiger partial charge is 0.305 e. The van der Waals surface area contributed by atoms with Gasteiger partial charge in [-0.1, -0.05) is 70.6 Å². The lowest BCUT2D eigenvalue weighted by Gasteiger charge is -2.00. The SMILES string of the molecule is CCCCCCCCCCCCC#CC1OC1CCC(=O)OCC. The molecule has 0 aromatic carbocycles. The summed E-state index contributed by atoms with van der Waals surface area (Å²) in [5.74, 6) is 6.26. The van der Waals surface area contributed by atoms with E-state index in [1.54, 1.807) is 0 Å². The summed E-state index contributed by atoms with van der Waals surface area (Å²) in [6.45, 7) is 4.54. The molecule has 0 saturated carbocycles. The number of unbranched alkanes of at least 4 members (excludes halogenated alkanes) is 10. The molecule has 2 unspecified atom stereocenters. The molecule has 0 bridgehead atoms. The lowest BCUT2D eigenvalue weighted by atomic mass is 10.1. The van der Waals surface area contributed by atoms with Crippen molar-refractivity contribution in [1.82, 2.24) is 0 Å². The number of hydrogen-bond donors (Lipinski definition) is 0. The van der Waals surface area contributed by atoms with E-state index in [4.69, 9.17) is 9.47 Å². The zero-order chi connectivity index (χ0) is 17.5. The van der Waals surface area contributed by atoms with E-state index < -0.39 is 0 Å². The Kier molecular flexibility index (Phi) is 12.6. The van der Waals surface area contributed by atoms with E-state index in [2.05, 4.69) is 18.8 Å². The molecule has 0 aliphatic carbocycles. The molecule has 0 aromatic rings. The van der Waals surface area contributed by atoms with Gasteiger partial charge >= 0.3 is 5.97 Å². The van der Waals surface area contributed by atoms with Crippen LogP contribution in [-0.4, -0.2) is 24.8 Å². The predicted octanol–water partition coefficient (Wildman–Crippen LogP) is 5.41. The summed E-state index contributed by atoms with van der Waals surface area (Å²) in [5, 5.41) is 0. The summed E-state index contributed by atoms with van der Waals surface area (Å²) in [5.41, 5.74) is 0. The first-order valence-electron chi connectivity index (χ1n) is 10.1. The third kappa shape index (κ3) is 11.5. The summed E-state index contributed by atoms with van der Waals surface area (Å²) < 4.78 is 10.4. The molecule has 0 spiro atoms. The van der Waals surface area contributed by atoms with E-state index >= 15 is 0 Å². The first-order chi connectivity index (χ1) is 11.8. The Balaban J connectivity index is 1.84. The van der Waals surface area contributed by atoms with Crippen LogP contribution in [0.1, 0.15) is 97.3 Å². The van der Waals surface area contributed by atoms with E-state index in [1.807, 2.05) is 6.92 Å². The summed E-state index contributed by atoms with van der Waals surface area (Å²) in [6.07, 6.45) is 15.9. The number of carbonyl (C=O) groups is 1. The Morgan fingerprint density at radius 3 is 2.21 bits per heavy atom. The molecule has 1 aliphatic heterocycles. The van der Waals surface area contributed by atoms with Crippen molar-refractivity contribution in [3.8, 4) is 11.8 Å². The number of hydrogen-bond acceptors (Lipinski definition) is 3. The topological polar surface area (TPSA) is 38.8 Å². The Labute approximate surface area is 148 Å². The molecule has 1 saturated heterocycles. The second-order valence-corrected chi connectivity index (χ2v) is 6.69. The molecule has 3 heteroatoms. The number of carbonyl (C=O) groups excluding carboxylic acids is 1. The van der Waals surface area contributed by atoms with Crippen LogP contribution in [0.4, 0.5) is 0 Å². The van der Waals surface area contributed by atoms with E-state index in [0.29, 0.717) is 13.0 Å². The zero-order valence-electron chi connectivity index (χ0n) is 15.8. The van der Waals surface area contributed by atoms with Gasteiger partial charge in [0.05, 0.1) is 12.7 Å². The Morgan fingerprint density at radius 1 is 0.958 bits per heavy atom.